The van der Waals surface area contributed by atoms with E-state index in [4.69, 9.17) is 4.74 Å². The Labute approximate surface area is 59.4 Å². The van der Waals surface area contributed by atoms with Crippen LogP contribution in [0.15, 0.2) is 0 Å². The minimum Gasteiger partial charge on any atom is -0.378 e. The summed E-state index contributed by atoms with van der Waals surface area (Å²) in [5.74, 6) is -2.43. The Bertz CT molecular complexity index is 106. The molecule has 0 bridgehead atoms. The SMILES string of the molecule is CCCOC1CC(F)(F)C1. The fraction of sp³-hybridized carbons (Fsp3) is 1.00. The fourth-order valence-corrected chi connectivity index (χ4v) is 1.01. The van der Waals surface area contributed by atoms with Crippen molar-refractivity contribution in [1.29, 1.82) is 0 Å². The highest BCUT2D eigenvalue weighted by Gasteiger charge is 2.45. The van der Waals surface area contributed by atoms with Crippen LogP contribution in [-0.4, -0.2) is 18.6 Å². The maximum absolute atomic E-state index is 12.1. The first kappa shape index (κ1) is 7.92. The molecule has 0 N–H and O–H groups in total. The summed E-state index contributed by atoms with van der Waals surface area (Å²) in [4.78, 5) is 0. The highest BCUT2D eigenvalue weighted by molar-refractivity contribution is 4.86. The minimum atomic E-state index is -2.43. The summed E-state index contributed by atoms with van der Waals surface area (Å²) in [6.07, 6.45) is 0.581. The molecule has 0 atom stereocenters. The standard InChI is InChI=1S/C7H12F2O/c1-2-3-10-6-4-7(8,9)5-6/h6H,2-5H2,1H3. The smallest absolute Gasteiger partial charge is 0.253 e. The predicted molar refractivity (Wildman–Crippen MR) is 34.2 cm³/mol. The molecule has 3 heteroatoms. The summed E-state index contributed by atoms with van der Waals surface area (Å²) < 4.78 is 29.4. The zero-order valence-electron chi connectivity index (χ0n) is 6.07. The molecule has 1 saturated carbocycles. The van der Waals surface area contributed by atoms with E-state index in [1.165, 1.54) is 0 Å². The first-order valence-corrected chi connectivity index (χ1v) is 3.63. The molecular formula is C7H12F2O. The van der Waals surface area contributed by atoms with Gasteiger partial charge in [-0.25, -0.2) is 8.78 Å². The second kappa shape index (κ2) is 2.82. The van der Waals surface area contributed by atoms with Gasteiger partial charge in [-0.15, -0.1) is 0 Å². The van der Waals surface area contributed by atoms with Crippen LogP contribution in [0.4, 0.5) is 8.78 Å². The molecule has 0 unspecified atom stereocenters. The van der Waals surface area contributed by atoms with Crippen molar-refractivity contribution in [2.24, 2.45) is 0 Å². The summed E-state index contributed by atoms with van der Waals surface area (Å²) in [5, 5.41) is 0. The zero-order valence-corrected chi connectivity index (χ0v) is 6.07. The molecule has 1 aliphatic rings. The van der Waals surface area contributed by atoms with Crippen LogP contribution in [0.1, 0.15) is 26.2 Å². The summed E-state index contributed by atoms with van der Waals surface area (Å²) in [5.41, 5.74) is 0. The Morgan fingerprint density at radius 1 is 1.50 bits per heavy atom. The highest BCUT2D eigenvalue weighted by atomic mass is 19.3. The van der Waals surface area contributed by atoms with Crippen molar-refractivity contribution < 1.29 is 13.5 Å². The molecule has 1 nitrogen and oxygen atoms in total. The average molecular weight is 150 g/mol. The molecule has 0 heterocycles. The van der Waals surface area contributed by atoms with Gasteiger partial charge in [0, 0.05) is 19.4 Å². The molecular weight excluding hydrogens is 138 g/mol. The van der Waals surface area contributed by atoms with E-state index < -0.39 is 5.92 Å². The lowest BCUT2D eigenvalue weighted by Crippen LogP contribution is -2.41. The van der Waals surface area contributed by atoms with E-state index in [0.717, 1.165) is 6.42 Å². The van der Waals surface area contributed by atoms with Crippen LogP contribution in [0, 0.1) is 0 Å². The van der Waals surface area contributed by atoms with Gasteiger partial charge in [0.1, 0.15) is 0 Å². The van der Waals surface area contributed by atoms with Gasteiger partial charge in [0.15, 0.2) is 0 Å². The van der Waals surface area contributed by atoms with Gasteiger partial charge in [0.05, 0.1) is 6.10 Å². The molecule has 0 aromatic heterocycles. The Morgan fingerprint density at radius 2 is 2.10 bits per heavy atom. The summed E-state index contributed by atoms with van der Waals surface area (Å²) in [7, 11) is 0. The average Bonchev–Trinajstić information content (AvgIpc) is 1.78. The van der Waals surface area contributed by atoms with Gasteiger partial charge in [-0.05, 0) is 6.42 Å². The molecule has 1 fully saturated rings. The number of rotatable bonds is 3. The third kappa shape index (κ3) is 1.90. The maximum Gasteiger partial charge on any atom is 0.253 e. The second-order valence-corrected chi connectivity index (χ2v) is 2.76. The number of hydrogen-bond acceptors (Lipinski definition) is 1. The molecule has 0 aliphatic heterocycles. The lowest BCUT2D eigenvalue weighted by Gasteiger charge is -2.34. The van der Waals surface area contributed by atoms with Crippen LogP contribution >= 0.6 is 0 Å². The fourth-order valence-electron chi connectivity index (χ4n) is 1.01. The van der Waals surface area contributed by atoms with Crippen molar-refractivity contribution >= 4 is 0 Å². The van der Waals surface area contributed by atoms with E-state index in [1.54, 1.807) is 0 Å². The van der Waals surface area contributed by atoms with Crippen LogP contribution in [0.5, 0.6) is 0 Å². The first-order valence-electron chi connectivity index (χ1n) is 3.63. The van der Waals surface area contributed by atoms with Crippen molar-refractivity contribution in [1.82, 2.24) is 0 Å². The van der Waals surface area contributed by atoms with Crippen molar-refractivity contribution in [3.63, 3.8) is 0 Å². The molecule has 0 aromatic rings. The Morgan fingerprint density at radius 3 is 2.50 bits per heavy atom. The molecule has 10 heavy (non-hydrogen) atoms. The van der Waals surface area contributed by atoms with E-state index >= 15 is 0 Å². The Kier molecular flexibility index (Phi) is 2.24. The van der Waals surface area contributed by atoms with Gasteiger partial charge in [-0.3, -0.25) is 0 Å². The first-order chi connectivity index (χ1) is 4.64. The molecule has 0 saturated heterocycles. The van der Waals surface area contributed by atoms with E-state index in [9.17, 15) is 8.78 Å². The second-order valence-electron chi connectivity index (χ2n) is 2.76. The minimum absolute atomic E-state index is 0.0764. The van der Waals surface area contributed by atoms with Crippen LogP contribution in [0.3, 0.4) is 0 Å². The number of alkyl halides is 2. The number of hydrogen-bond donors (Lipinski definition) is 0. The van der Waals surface area contributed by atoms with E-state index in [1.807, 2.05) is 6.92 Å². The summed E-state index contributed by atoms with van der Waals surface area (Å²) >= 11 is 0. The van der Waals surface area contributed by atoms with Gasteiger partial charge in [0.25, 0.3) is 5.92 Å². The normalized spacial score (nSPS) is 24.3. The molecule has 60 valence electrons. The van der Waals surface area contributed by atoms with Gasteiger partial charge < -0.3 is 4.74 Å². The molecule has 0 aromatic carbocycles. The largest absolute Gasteiger partial charge is 0.378 e. The maximum atomic E-state index is 12.1. The molecule has 0 amide bonds. The molecule has 1 rings (SSSR count). The van der Waals surface area contributed by atoms with Crippen LogP contribution in [-0.2, 0) is 4.74 Å². The predicted octanol–water partition coefficient (Wildman–Crippen LogP) is 2.21. The Balaban J connectivity index is 2.03. The monoisotopic (exact) mass is 150 g/mol. The molecule has 0 radical (unpaired) electrons. The zero-order chi connectivity index (χ0) is 7.61. The third-order valence-electron chi connectivity index (χ3n) is 1.61. The number of ether oxygens (including phenoxy) is 1. The van der Waals surface area contributed by atoms with E-state index in [2.05, 4.69) is 0 Å². The van der Waals surface area contributed by atoms with Gasteiger partial charge in [-0.1, -0.05) is 6.92 Å². The quantitative estimate of drug-likeness (QED) is 0.599. The van der Waals surface area contributed by atoms with E-state index in [0.29, 0.717) is 6.61 Å². The number of halogens is 2. The molecule has 1 aliphatic carbocycles. The molecule has 0 spiro atoms. The summed E-state index contributed by atoms with van der Waals surface area (Å²) in [6.45, 7) is 2.58. The summed E-state index contributed by atoms with van der Waals surface area (Å²) in [6, 6.07) is 0. The van der Waals surface area contributed by atoms with Crippen LogP contribution < -0.4 is 0 Å². The van der Waals surface area contributed by atoms with Crippen molar-refractivity contribution in [2.45, 2.75) is 38.2 Å². The highest BCUT2D eigenvalue weighted by Crippen LogP contribution is 2.39. The van der Waals surface area contributed by atoms with Crippen molar-refractivity contribution in [3.8, 4) is 0 Å². The lowest BCUT2D eigenvalue weighted by atomic mass is 9.91. The van der Waals surface area contributed by atoms with Crippen molar-refractivity contribution in [3.05, 3.63) is 0 Å². The van der Waals surface area contributed by atoms with Gasteiger partial charge >= 0.3 is 0 Å². The third-order valence-corrected chi connectivity index (χ3v) is 1.61. The van der Waals surface area contributed by atoms with Crippen LogP contribution in [0.2, 0.25) is 0 Å². The van der Waals surface area contributed by atoms with Gasteiger partial charge in [-0.2, -0.15) is 0 Å². The van der Waals surface area contributed by atoms with Crippen LogP contribution in [0.25, 0.3) is 0 Å². The Hall–Kier alpha value is -0.180. The van der Waals surface area contributed by atoms with Crippen molar-refractivity contribution in [2.75, 3.05) is 6.61 Å². The lowest BCUT2D eigenvalue weighted by molar-refractivity contribution is -0.165. The topological polar surface area (TPSA) is 9.23 Å². The van der Waals surface area contributed by atoms with E-state index in [-0.39, 0.29) is 18.9 Å². The van der Waals surface area contributed by atoms with Gasteiger partial charge in [0.2, 0.25) is 0 Å².